The Bertz CT molecular complexity index is 545. The van der Waals surface area contributed by atoms with E-state index in [1.807, 2.05) is 37.3 Å². The highest BCUT2D eigenvalue weighted by Crippen LogP contribution is 2.27. The molecule has 1 aromatic carbocycles. The van der Waals surface area contributed by atoms with Gasteiger partial charge in [0, 0.05) is 38.3 Å². The van der Waals surface area contributed by atoms with Crippen LogP contribution in [0.5, 0.6) is 0 Å². The molecular formula is C19H29N3O2. The van der Waals surface area contributed by atoms with Crippen molar-refractivity contribution in [3.8, 4) is 0 Å². The van der Waals surface area contributed by atoms with Crippen molar-refractivity contribution >= 4 is 5.91 Å². The molecule has 1 amide bonds. The maximum absolute atomic E-state index is 12.9. The maximum Gasteiger partial charge on any atom is 0.242 e. The number of rotatable bonds is 6. The van der Waals surface area contributed by atoms with Crippen LogP contribution in [0.15, 0.2) is 30.3 Å². The van der Waals surface area contributed by atoms with Gasteiger partial charge in [0.15, 0.2) is 0 Å². The molecule has 0 bridgehead atoms. The number of benzene rings is 1. The predicted molar refractivity (Wildman–Crippen MR) is 94.6 cm³/mol. The number of aliphatic hydroxyl groups excluding tert-OH is 1. The summed E-state index contributed by atoms with van der Waals surface area (Å²) in [7, 11) is 0. The lowest BCUT2D eigenvalue weighted by Gasteiger charge is -2.43. The topological polar surface area (TPSA) is 55.8 Å². The molecule has 1 heterocycles. The molecule has 2 N–H and O–H groups in total. The summed E-state index contributed by atoms with van der Waals surface area (Å²) < 4.78 is 0. The van der Waals surface area contributed by atoms with Gasteiger partial charge in [-0.05, 0) is 32.3 Å². The fourth-order valence-corrected chi connectivity index (χ4v) is 3.54. The van der Waals surface area contributed by atoms with Crippen LogP contribution >= 0.6 is 0 Å². The van der Waals surface area contributed by atoms with Crippen LogP contribution in [0.4, 0.5) is 0 Å². The van der Waals surface area contributed by atoms with E-state index in [0.29, 0.717) is 18.6 Å². The van der Waals surface area contributed by atoms with Crippen molar-refractivity contribution < 1.29 is 9.90 Å². The maximum atomic E-state index is 12.9. The van der Waals surface area contributed by atoms with Gasteiger partial charge in [-0.15, -0.1) is 0 Å². The zero-order valence-corrected chi connectivity index (χ0v) is 14.7. The van der Waals surface area contributed by atoms with Crippen LogP contribution in [0, 0.1) is 0 Å². The molecule has 0 spiro atoms. The second-order valence-corrected chi connectivity index (χ2v) is 7.28. The van der Waals surface area contributed by atoms with Crippen LogP contribution in [0.3, 0.4) is 0 Å². The van der Waals surface area contributed by atoms with E-state index >= 15 is 0 Å². The van der Waals surface area contributed by atoms with E-state index in [9.17, 15) is 9.90 Å². The second-order valence-electron chi connectivity index (χ2n) is 7.28. The number of nitrogens with zero attached hydrogens (tertiary/aromatic N) is 2. The van der Waals surface area contributed by atoms with Crippen LogP contribution in [-0.4, -0.2) is 65.2 Å². The minimum Gasteiger partial charge on any atom is -0.392 e. The van der Waals surface area contributed by atoms with E-state index in [0.717, 1.165) is 38.0 Å². The Kier molecular flexibility index (Phi) is 5.54. The molecule has 24 heavy (non-hydrogen) atoms. The number of β-amino-alcohol motifs (C(OH)–C–C–N with tert-alkyl or cyclic N) is 1. The largest absolute Gasteiger partial charge is 0.392 e. The quantitative estimate of drug-likeness (QED) is 0.827. The first-order valence-corrected chi connectivity index (χ1v) is 9.06. The number of nitrogens with one attached hydrogen (secondary N) is 1. The molecule has 0 radical (unpaired) electrons. The van der Waals surface area contributed by atoms with E-state index < -0.39 is 0 Å². The Morgan fingerprint density at radius 2 is 2.00 bits per heavy atom. The van der Waals surface area contributed by atoms with Gasteiger partial charge in [-0.2, -0.15) is 0 Å². The summed E-state index contributed by atoms with van der Waals surface area (Å²) in [6.07, 6.45) is 1.89. The van der Waals surface area contributed by atoms with Gasteiger partial charge in [0.05, 0.1) is 6.10 Å². The Hall–Kier alpha value is -1.43. The summed E-state index contributed by atoms with van der Waals surface area (Å²) >= 11 is 0. The van der Waals surface area contributed by atoms with E-state index in [2.05, 4.69) is 22.0 Å². The molecule has 1 saturated heterocycles. The molecule has 0 aromatic heterocycles. The smallest absolute Gasteiger partial charge is 0.242 e. The lowest BCUT2D eigenvalue weighted by molar-refractivity contribution is -0.128. The third-order valence-electron chi connectivity index (χ3n) is 4.95. The minimum absolute atomic E-state index is 0.125. The van der Waals surface area contributed by atoms with Crippen LogP contribution in [0.2, 0.25) is 0 Å². The summed E-state index contributed by atoms with van der Waals surface area (Å²) in [5, 5.41) is 12.8. The zero-order valence-electron chi connectivity index (χ0n) is 14.7. The summed E-state index contributed by atoms with van der Waals surface area (Å²) in [5.74, 6) is 0.125. The van der Waals surface area contributed by atoms with Crippen molar-refractivity contribution in [1.82, 2.24) is 15.1 Å². The average Bonchev–Trinajstić information content (AvgIpc) is 3.35. The van der Waals surface area contributed by atoms with Gasteiger partial charge in [0.2, 0.25) is 5.91 Å². The van der Waals surface area contributed by atoms with Crippen molar-refractivity contribution in [3.63, 3.8) is 0 Å². The van der Waals surface area contributed by atoms with Crippen LogP contribution in [0.1, 0.15) is 38.3 Å². The van der Waals surface area contributed by atoms with Gasteiger partial charge in [-0.25, -0.2) is 0 Å². The predicted octanol–water partition coefficient (Wildman–Crippen LogP) is 1.39. The number of carbonyl (C=O) groups excluding carboxylic acids is 1. The van der Waals surface area contributed by atoms with Gasteiger partial charge in [0.1, 0.15) is 6.04 Å². The average molecular weight is 331 g/mol. The highest BCUT2D eigenvalue weighted by Gasteiger charge is 2.35. The van der Waals surface area contributed by atoms with Crippen molar-refractivity contribution in [2.24, 2.45) is 0 Å². The van der Waals surface area contributed by atoms with Gasteiger partial charge < -0.3 is 10.4 Å². The van der Waals surface area contributed by atoms with E-state index in [1.165, 1.54) is 0 Å². The van der Waals surface area contributed by atoms with Gasteiger partial charge in [-0.1, -0.05) is 30.3 Å². The number of hydrogen-bond donors (Lipinski definition) is 2. The summed E-state index contributed by atoms with van der Waals surface area (Å²) in [6, 6.07) is 10.6. The first-order chi connectivity index (χ1) is 11.5. The fourth-order valence-electron chi connectivity index (χ4n) is 3.54. The molecule has 1 aliphatic carbocycles. The van der Waals surface area contributed by atoms with E-state index in [4.69, 9.17) is 0 Å². The normalized spacial score (nSPS) is 25.2. The first kappa shape index (κ1) is 17.4. The number of aliphatic hydroxyl groups is 1. The summed E-state index contributed by atoms with van der Waals surface area (Å²) in [4.78, 5) is 17.4. The Morgan fingerprint density at radius 1 is 1.29 bits per heavy atom. The molecule has 5 nitrogen and oxygen atoms in total. The van der Waals surface area contributed by atoms with Crippen molar-refractivity contribution in [2.45, 2.75) is 50.9 Å². The molecule has 3 rings (SSSR count). The molecule has 0 unspecified atom stereocenters. The van der Waals surface area contributed by atoms with E-state index in [-0.39, 0.29) is 18.1 Å². The Balaban J connectivity index is 1.72. The molecule has 1 saturated carbocycles. The van der Waals surface area contributed by atoms with Crippen molar-refractivity contribution in [1.29, 1.82) is 0 Å². The van der Waals surface area contributed by atoms with E-state index in [1.54, 1.807) is 0 Å². The standard InChI is InChI=1S/C19H29N3O2/c1-14-12-22(11-10-21(14)13-15(2)23)18(16-6-4-3-5-7-16)19(24)20-17-8-9-17/h3-7,14-15,17-18,23H,8-13H2,1-2H3,(H,20,24)/t14-,15+,18-/m1/s1. The SMILES string of the molecule is C[C@H](O)CN1CCN([C@@H](C(=O)NC2CC2)c2ccccc2)C[C@H]1C. The van der Waals surface area contributed by atoms with Crippen molar-refractivity contribution in [3.05, 3.63) is 35.9 Å². The molecule has 1 aromatic rings. The molecule has 2 aliphatic rings. The lowest BCUT2D eigenvalue weighted by atomic mass is 10.0. The fraction of sp³-hybridized carbons (Fsp3) is 0.632. The second kappa shape index (κ2) is 7.64. The third kappa shape index (κ3) is 4.35. The molecule has 5 heteroatoms. The van der Waals surface area contributed by atoms with Gasteiger partial charge in [0.25, 0.3) is 0 Å². The van der Waals surface area contributed by atoms with Crippen LogP contribution in [-0.2, 0) is 4.79 Å². The Morgan fingerprint density at radius 3 is 2.58 bits per heavy atom. The Labute approximate surface area is 144 Å². The molecule has 1 aliphatic heterocycles. The molecule has 132 valence electrons. The highest BCUT2D eigenvalue weighted by atomic mass is 16.3. The lowest BCUT2D eigenvalue weighted by Crippen LogP contribution is -2.56. The number of carbonyl (C=O) groups is 1. The number of piperazine rings is 1. The van der Waals surface area contributed by atoms with Crippen molar-refractivity contribution in [2.75, 3.05) is 26.2 Å². The summed E-state index contributed by atoms with van der Waals surface area (Å²) in [5.41, 5.74) is 1.06. The molecular weight excluding hydrogens is 302 g/mol. The third-order valence-corrected chi connectivity index (χ3v) is 4.95. The minimum atomic E-state index is -0.318. The van der Waals surface area contributed by atoms with Gasteiger partial charge in [-0.3, -0.25) is 14.6 Å². The monoisotopic (exact) mass is 331 g/mol. The number of hydrogen-bond acceptors (Lipinski definition) is 4. The van der Waals surface area contributed by atoms with Crippen LogP contribution < -0.4 is 5.32 Å². The van der Waals surface area contributed by atoms with Crippen LogP contribution in [0.25, 0.3) is 0 Å². The molecule has 3 atom stereocenters. The number of amides is 1. The summed E-state index contributed by atoms with van der Waals surface area (Å²) in [6.45, 7) is 7.26. The molecule has 2 fully saturated rings. The zero-order chi connectivity index (χ0) is 17.1. The first-order valence-electron chi connectivity index (χ1n) is 9.06. The van der Waals surface area contributed by atoms with Gasteiger partial charge >= 0.3 is 0 Å². The highest BCUT2D eigenvalue weighted by molar-refractivity contribution is 5.83.